The van der Waals surface area contributed by atoms with Gasteiger partial charge in [0.1, 0.15) is 0 Å². The van der Waals surface area contributed by atoms with Gasteiger partial charge in [0, 0.05) is 6.04 Å². The molecule has 0 aliphatic carbocycles. The van der Waals surface area contributed by atoms with E-state index in [9.17, 15) is 0 Å². The lowest BCUT2D eigenvalue weighted by Crippen LogP contribution is -2.51. The molecule has 1 fully saturated rings. The summed E-state index contributed by atoms with van der Waals surface area (Å²) in [4.78, 5) is 0. The van der Waals surface area contributed by atoms with Gasteiger partial charge in [-0.3, -0.25) is 0 Å². The first-order chi connectivity index (χ1) is 6.41. The van der Waals surface area contributed by atoms with Crippen LogP contribution in [0.3, 0.4) is 0 Å². The van der Waals surface area contributed by atoms with Crippen molar-refractivity contribution in [1.29, 1.82) is 0 Å². The fourth-order valence-corrected chi connectivity index (χ4v) is 1.35. The molecule has 1 heterocycles. The van der Waals surface area contributed by atoms with E-state index in [1.165, 1.54) is 0 Å². The van der Waals surface area contributed by atoms with E-state index in [-0.39, 0.29) is 0 Å². The second-order valence-electron chi connectivity index (χ2n) is 4.92. The van der Waals surface area contributed by atoms with Crippen LogP contribution < -0.4 is 5.32 Å². The molecule has 3 heteroatoms. The molecule has 0 saturated carbocycles. The molecule has 1 atom stereocenters. The molecule has 84 valence electrons. The molecule has 1 rings (SSSR count). The van der Waals surface area contributed by atoms with Crippen LogP contribution in [-0.2, 0) is 9.47 Å². The average molecular weight is 201 g/mol. The largest absolute Gasteiger partial charge is 0.349 e. The Morgan fingerprint density at radius 1 is 1.14 bits per heavy atom. The van der Waals surface area contributed by atoms with Crippen molar-refractivity contribution in [3.05, 3.63) is 0 Å². The van der Waals surface area contributed by atoms with Gasteiger partial charge in [-0.1, -0.05) is 13.8 Å². The summed E-state index contributed by atoms with van der Waals surface area (Å²) in [5, 5.41) is 3.51. The molecule has 0 aromatic rings. The predicted molar refractivity (Wildman–Crippen MR) is 57.2 cm³/mol. The first kappa shape index (κ1) is 12.0. The Morgan fingerprint density at radius 2 is 1.64 bits per heavy atom. The van der Waals surface area contributed by atoms with Crippen molar-refractivity contribution >= 4 is 0 Å². The highest BCUT2D eigenvalue weighted by molar-refractivity contribution is 4.77. The monoisotopic (exact) mass is 201 g/mol. The fraction of sp³-hybridized carbons (Fsp3) is 1.00. The highest BCUT2D eigenvalue weighted by Crippen LogP contribution is 2.17. The van der Waals surface area contributed by atoms with E-state index >= 15 is 0 Å². The van der Waals surface area contributed by atoms with Gasteiger partial charge in [0.25, 0.3) is 0 Å². The molecule has 1 saturated heterocycles. The lowest BCUT2D eigenvalue weighted by Gasteiger charge is -2.37. The second-order valence-corrected chi connectivity index (χ2v) is 4.92. The first-order valence-corrected chi connectivity index (χ1v) is 5.44. The molecule has 0 radical (unpaired) electrons. The van der Waals surface area contributed by atoms with Crippen molar-refractivity contribution in [3.8, 4) is 0 Å². The van der Waals surface area contributed by atoms with Gasteiger partial charge in [0.2, 0.25) is 0 Å². The van der Waals surface area contributed by atoms with Crippen molar-refractivity contribution in [2.24, 2.45) is 5.92 Å². The number of hydrogen-bond donors (Lipinski definition) is 1. The highest BCUT2D eigenvalue weighted by atomic mass is 16.7. The molecule has 14 heavy (non-hydrogen) atoms. The van der Waals surface area contributed by atoms with Gasteiger partial charge in [-0.05, 0) is 26.7 Å². The normalized spacial score (nSPS) is 25.3. The summed E-state index contributed by atoms with van der Waals surface area (Å²) in [7, 11) is 0. The minimum Gasteiger partial charge on any atom is -0.349 e. The van der Waals surface area contributed by atoms with Crippen LogP contribution in [0.4, 0.5) is 0 Å². The van der Waals surface area contributed by atoms with Crippen molar-refractivity contribution < 1.29 is 9.47 Å². The molecule has 1 unspecified atom stereocenters. The summed E-state index contributed by atoms with van der Waals surface area (Å²) < 4.78 is 11.1. The van der Waals surface area contributed by atoms with E-state index in [1.807, 2.05) is 13.8 Å². The second kappa shape index (κ2) is 4.60. The molecule has 1 aliphatic rings. The van der Waals surface area contributed by atoms with E-state index in [4.69, 9.17) is 9.47 Å². The van der Waals surface area contributed by atoms with Gasteiger partial charge in [-0.15, -0.1) is 0 Å². The van der Waals surface area contributed by atoms with E-state index < -0.39 is 5.79 Å². The van der Waals surface area contributed by atoms with Crippen LogP contribution in [0.15, 0.2) is 0 Å². The molecule has 0 spiro atoms. The van der Waals surface area contributed by atoms with Crippen LogP contribution in [0, 0.1) is 5.92 Å². The summed E-state index contributed by atoms with van der Waals surface area (Å²) in [5.74, 6) is 0.240. The van der Waals surface area contributed by atoms with Gasteiger partial charge < -0.3 is 14.8 Å². The van der Waals surface area contributed by atoms with Crippen molar-refractivity contribution in [2.45, 2.75) is 52.5 Å². The number of rotatable bonds is 3. The maximum atomic E-state index is 5.57. The molecule has 3 nitrogen and oxygen atoms in total. The minimum atomic E-state index is -0.404. The van der Waals surface area contributed by atoms with E-state index in [1.54, 1.807) is 0 Å². The summed E-state index contributed by atoms with van der Waals surface area (Å²) in [5.41, 5.74) is 0. The van der Waals surface area contributed by atoms with Crippen LogP contribution in [0.25, 0.3) is 0 Å². The lowest BCUT2D eigenvalue weighted by atomic mass is 10.1. The Labute approximate surface area is 87.2 Å². The zero-order valence-electron chi connectivity index (χ0n) is 9.96. The molecule has 0 amide bonds. The molecular formula is C11H23NO2. The van der Waals surface area contributed by atoms with Gasteiger partial charge in [0.05, 0.1) is 19.3 Å². The maximum Gasteiger partial charge on any atom is 0.162 e. The SMILES string of the molecule is CC(C)C(C)NC1COC(C)(C)OC1. The smallest absolute Gasteiger partial charge is 0.162 e. The predicted octanol–water partition coefficient (Wildman–Crippen LogP) is 1.77. The van der Waals surface area contributed by atoms with Gasteiger partial charge >= 0.3 is 0 Å². The lowest BCUT2D eigenvalue weighted by molar-refractivity contribution is -0.253. The number of ether oxygens (including phenoxy) is 2. The quantitative estimate of drug-likeness (QED) is 0.755. The zero-order valence-corrected chi connectivity index (χ0v) is 9.96. The van der Waals surface area contributed by atoms with Crippen LogP contribution in [0.5, 0.6) is 0 Å². The van der Waals surface area contributed by atoms with Crippen LogP contribution in [-0.4, -0.2) is 31.1 Å². The summed E-state index contributed by atoms with van der Waals surface area (Å²) in [6.07, 6.45) is 0. The summed E-state index contributed by atoms with van der Waals surface area (Å²) in [6.45, 7) is 12.0. The molecule has 1 aliphatic heterocycles. The number of nitrogens with one attached hydrogen (secondary N) is 1. The summed E-state index contributed by atoms with van der Waals surface area (Å²) >= 11 is 0. The summed E-state index contributed by atoms with van der Waals surface area (Å²) in [6, 6.07) is 0.842. The van der Waals surface area contributed by atoms with Crippen LogP contribution in [0.2, 0.25) is 0 Å². The van der Waals surface area contributed by atoms with E-state index in [0.29, 0.717) is 18.0 Å². The number of hydrogen-bond acceptors (Lipinski definition) is 3. The molecule has 0 aromatic carbocycles. The third-order valence-electron chi connectivity index (χ3n) is 2.76. The third kappa shape index (κ3) is 3.56. The van der Waals surface area contributed by atoms with Crippen LogP contribution in [0.1, 0.15) is 34.6 Å². The molecule has 0 aromatic heterocycles. The fourth-order valence-electron chi connectivity index (χ4n) is 1.35. The Morgan fingerprint density at radius 3 is 2.07 bits per heavy atom. The van der Waals surface area contributed by atoms with E-state index in [0.717, 1.165) is 13.2 Å². The average Bonchev–Trinajstić information content (AvgIpc) is 2.08. The van der Waals surface area contributed by atoms with E-state index in [2.05, 4.69) is 26.1 Å². The van der Waals surface area contributed by atoms with Crippen molar-refractivity contribution in [1.82, 2.24) is 5.32 Å². The molecule has 0 bridgehead atoms. The zero-order chi connectivity index (χ0) is 10.8. The topological polar surface area (TPSA) is 30.5 Å². The van der Waals surface area contributed by atoms with Crippen LogP contribution >= 0.6 is 0 Å². The maximum absolute atomic E-state index is 5.57. The Hall–Kier alpha value is -0.120. The Balaban J connectivity index is 2.29. The van der Waals surface area contributed by atoms with Gasteiger partial charge in [-0.25, -0.2) is 0 Å². The van der Waals surface area contributed by atoms with Crippen molar-refractivity contribution in [3.63, 3.8) is 0 Å². The third-order valence-corrected chi connectivity index (χ3v) is 2.76. The Kier molecular flexibility index (Phi) is 3.93. The minimum absolute atomic E-state index is 0.334. The van der Waals surface area contributed by atoms with Crippen molar-refractivity contribution in [2.75, 3.05) is 13.2 Å². The molecule has 1 N–H and O–H groups in total. The highest BCUT2D eigenvalue weighted by Gasteiger charge is 2.28. The first-order valence-electron chi connectivity index (χ1n) is 5.44. The standard InChI is InChI=1S/C11H23NO2/c1-8(2)9(3)12-10-6-13-11(4,5)14-7-10/h8-10,12H,6-7H2,1-5H3. The van der Waals surface area contributed by atoms with Gasteiger partial charge in [-0.2, -0.15) is 0 Å². The van der Waals surface area contributed by atoms with Gasteiger partial charge in [0.15, 0.2) is 5.79 Å². The molecular weight excluding hydrogens is 178 g/mol. The Bertz CT molecular complexity index is 170.